The lowest BCUT2D eigenvalue weighted by Gasteiger charge is -2.31. The number of likely N-dealkylation sites (tertiary alicyclic amines) is 1. The van der Waals surface area contributed by atoms with Gasteiger partial charge in [-0.1, -0.05) is 12.1 Å². The van der Waals surface area contributed by atoms with Crippen LogP contribution in [0.1, 0.15) is 35.3 Å². The predicted molar refractivity (Wildman–Crippen MR) is 105 cm³/mol. The standard InChI is InChI=1S/C20H24N2O5S/c1-3-26-20(24)14-7-6-10-22(11-14)19(23)15-13-28-18(21-15)12-27-17-9-5-4-8-16(17)25-2/h4-5,8-9,13-14H,3,6-7,10-12H2,1-2H3. The highest BCUT2D eigenvalue weighted by atomic mass is 32.1. The minimum absolute atomic E-state index is 0.159. The molecule has 0 saturated carbocycles. The molecule has 150 valence electrons. The van der Waals surface area contributed by atoms with Gasteiger partial charge in [-0.25, -0.2) is 4.98 Å². The summed E-state index contributed by atoms with van der Waals surface area (Å²) in [7, 11) is 1.59. The number of piperidine rings is 1. The lowest BCUT2D eigenvalue weighted by atomic mass is 9.98. The van der Waals surface area contributed by atoms with E-state index >= 15 is 0 Å². The molecule has 7 nitrogen and oxygen atoms in total. The molecule has 0 spiro atoms. The number of carbonyl (C=O) groups excluding carboxylic acids is 2. The summed E-state index contributed by atoms with van der Waals surface area (Å²) in [4.78, 5) is 30.8. The van der Waals surface area contributed by atoms with E-state index < -0.39 is 0 Å². The largest absolute Gasteiger partial charge is 0.493 e. The van der Waals surface area contributed by atoms with Gasteiger partial charge >= 0.3 is 5.97 Å². The number of carbonyl (C=O) groups is 2. The van der Waals surface area contributed by atoms with Crippen LogP contribution in [-0.4, -0.2) is 48.6 Å². The predicted octanol–water partition coefficient (Wildman–Crippen LogP) is 3.15. The SMILES string of the molecule is CCOC(=O)C1CCCN(C(=O)c2csc(COc3ccccc3OC)n2)C1. The van der Waals surface area contributed by atoms with Crippen LogP contribution in [0.15, 0.2) is 29.6 Å². The minimum Gasteiger partial charge on any atom is -0.493 e. The molecule has 3 rings (SSSR count). The van der Waals surface area contributed by atoms with Crippen LogP contribution in [0.25, 0.3) is 0 Å². The molecular formula is C20H24N2O5S. The average molecular weight is 404 g/mol. The van der Waals surface area contributed by atoms with E-state index in [0.717, 1.165) is 12.8 Å². The number of thiazole rings is 1. The first-order chi connectivity index (χ1) is 13.6. The highest BCUT2D eigenvalue weighted by molar-refractivity contribution is 7.09. The van der Waals surface area contributed by atoms with Crippen molar-refractivity contribution in [2.24, 2.45) is 5.92 Å². The van der Waals surface area contributed by atoms with Gasteiger partial charge in [-0.15, -0.1) is 11.3 Å². The first-order valence-corrected chi connectivity index (χ1v) is 10.2. The van der Waals surface area contributed by atoms with Gasteiger partial charge in [0.05, 0.1) is 19.6 Å². The van der Waals surface area contributed by atoms with Gasteiger partial charge in [0.2, 0.25) is 0 Å². The van der Waals surface area contributed by atoms with Crippen LogP contribution in [0.3, 0.4) is 0 Å². The highest BCUT2D eigenvalue weighted by Gasteiger charge is 2.30. The fraction of sp³-hybridized carbons (Fsp3) is 0.450. The molecule has 1 fully saturated rings. The zero-order valence-corrected chi connectivity index (χ0v) is 16.9. The third-order valence-electron chi connectivity index (χ3n) is 4.52. The lowest BCUT2D eigenvalue weighted by molar-refractivity contribution is -0.149. The Bertz CT molecular complexity index is 822. The van der Waals surface area contributed by atoms with Crippen molar-refractivity contribution in [2.45, 2.75) is 26.4 Å². The number of rotatable bonds is 7. The molecular weight excluding hydrogens is 380 g/mol. The fourth-order valence-corrected chi connectivity index (χ4v) is 3.81. The zero-order chi connectivity index (χ0) is 19.9. The van der Waals surface area contributed by atoms with Gasteiger partial charge in [-0.05, 0) is 31.9 Å². The Kier molecular flexibility index (Phi) is 6.86. The number of nitrogens with zero attached hydrogens (tertiary/aromatic N) is 2. The topological polar surface area (TPSA) is 78.0 Å². The molecule has 28 heavy (non-hydrogen) atoms. The number of aromatic nitrogens is 1. The number of benzene rings is 1. The maximum atomic E-state index is 12.8. The van der Waals surface area contributed by atoms with Crippen LogP contribution in [0.4, 0.5) is 0 Å². The van der Waals surface area contributed by atoms with E-state index in [1.807, 2.05) is 24.3 Å². The van der Waals surface area contributed by atoms with Crippen LogP contribution in [-0.2, 0) is 16.1 Å². The molecule has 0 N–H and O–H groups in total. The Morgan fingerprint density at radius 3 is 2.82 bits per heavy atom. The Hall–Kier alpha value is -2.61. The molecule has 0 radical (unpaired) electrons. The lowest BCUT2D eigenvalue weighted by Crippen LogP contribution is -2.43. The first kappa shape index (κ1) is 20.1. The number of hydrogen-bond donors (Lipinski definition) is 0. The van der Waals surface area contributed by atoms with E-state index in [9.17, 15) is 9.59 Å². The Morgan fingerprint density at radius 2 is 2.07 bits per heavy atom. The second-order valence-electron chi connectivity index (χ2n) is 6.41. The molecule has 1 aromatic heterocycles. The second-order valence-corrected chi connectivity index (χ2v) is 7.35. The summed E-state index contributed by atoms with van der Waals surface area (Å²) in [5, 5.41) is 2.44. The van der Waals surface area contributed by atoms with Crippen molar-refractivity contribution < 1.29 is 23.8 Å². The molecule has 1 atom stereocenters. The zero-order valence-electron chi connectivity index (χ0n) is 16.1. The summed E-state index contributed by atoms with van der Waals surface area (Å²) in [5.74, 6) is 0.623. The molecule has 0 bridgehead atoms. The van der Waals surface area contributed by atoms with E-state index in [4.69, 9.17) is 14.2 Å². The smallest absolute Gasteiger partial charge is 0.310 e. The molecule has 1 amide bonds. The van der Waals surface area contributed by atoms with Gasteiger partial charge in [0.1, 0.15) is 17.3 Å². The van der Waals surface area contributed by atoms with Crippen LogP contribution in [0.2, 0.25) is 0 Å². The van der Waals surface area contributed by atoms with E-state index in [2.05, 4.69) is 4.98 Å². The summed E-state index contributed by atoms with van der Waals surface area (Å²) in [5.41, 5.74) is 0.383. The van der Waals surface area contributed by atoms with Crippen molar-refractivity contribution in [1.29, 1.82) is 0 Å². The van der Waals surface area contributed by atoms with E-state index in [0.29, 0.717) is 41.9 Å². The number of esters is 1. The first-order valence-electron chi connectivity index (χ1n) is 9.28. The summed E-state index contributed by atoms with van der Waals surface area (Å²) in [6, 6.07) is 7.38. The molecule has 0 aliphatic carbocycles. The number of methoxy groups -OCH3 is 1. The Morgan fingerprint density at radius 1 is 1.29 bits per heavy atom. The molecule has 1 saturated heterocycles. The number of amides is 1. The van der Waals surface area contributed by atoms with Gasteiger partial charge in [-0.2, -0.15) is 0 Å². The molecule has 8 heteroatoms. The molecule has 1 aromatic carbocycles. The quantitative estimate of drug-likeness (QED) is 0.660. The van der Waals surface area contributed by atoms with E-state index in [-0.39, 0.29) is 24.4 Å². The minimum atomic E-state index is -0.260. The fourth-order valence-electron chi connectivity index (χ4n) is 3.13. The third-order valence-corrected chi connectivity index (χ3v) is 5.34. The maximum Gasteiger partial charge on any atom is 0.310 e. The van der Waals surface area contributed by atoms with Crippen molar-refractivity contribution in [2.75, 3.05) is 26.8 Å². The van der Waals surface area contributed by atoms with Crippen molar-refractivity contribution in [3.8, 4) is 11.5 Å². The summed E-state index contributed by atoms with van der Waals surface area (Å²) >= 11 is 1.37. The maximum absolute atomic E-state index is 12.8. The summed E-state index contributed by atoms with van der Waals surface area (Å²) < 4.78 is 16.1. The van der Waals surface area contributed by atoms with Gasteiger partial charge in [0, 0.05) is 18.5 Å². The van der Waals surface area contributed by atoms with Gasteiger partial charge in [-0.3, -0.25) is 9.59 Å². The average Bonchev–Trinajstić information content (AvgIpc) is 3.21. The van der Waals surface area contributed by atoms with Gasteiger partial charge in [0.15, 0.2) is 11.5 Å². The number of ether oxygens (including phenoxy) is 3. The monoisotopic (exact) mass is 404 g/mol. The molecule has 1 aliphatic heterocycles. The Labute approximate surface area is 168 Å². The van der Waals surface area contributed by atoms with Crippen LogP contribution in [0, 0.1) is 5.92 Å². The Balaban J connectivity index is 1.60. The molecule has 1 aliphatic rings. The number of para-hydroxylation sites is 2. The van der Waals surface area contributed by atoms with E-state index in [1.54, 1.807) is 24.3 Å². The molecule has 1 unspecified atom stereocenters. The normalized spacial score (nSPS) is 16.5. The highest BCUT2D eigenvalue weighted by Crippen LogP contribution is 2.27. The van der Waals surface area contributed by atoms with Crippen LogP contribution >= 0.6 is 11.3 Å². The van der Waals surface area contributed by atoms with Crippen LogP contribution < -0.4 is 9.47 Å². The van der Waals surface area contributed by atoms with Crippen LogP contribution in [0.5, 0.6) is 11.5 Å². The number of hydrogen-bond acceptors (Lipinski definition) is 7. The molecule has 2 heterocycles. The van der Waals surface area contributed by atoms with Crippen molar-refractivity contribution >= 4 is 23.2 Å². The third kappa shape index (κ3) is 4.81. The van der Waals surface area contributed by atoms with Gasteiger partial charge in [0.25, 0.3) is 5.91 Å². The van der Waals surface area contributed by atoms with E-state index in [1.165, 1.54) is 11.3 Å². The summed E-state index contributed by atoms with van der Waals surface area (Å²) in [6.45, 7) is 3.39. The van der Waals surface area contributed by atoms with Crippen molar-refractivity contribution in [3.63, 3.8) is 0 Å². The summed E-state index contributed by atoms with van der Waals surface area (Å²) in [6.07, 6.45) is 1.53. The van der Waals surface area contributed by atoms with Gasteiger partial charge < -0.3 is 19.1 Å². The van der Waals surface area contributed by atoms with Crippen molar-refractivity contribution in [1.82, 2.24) is 9.88 Å². The second kappa shape index (κ2) is 9.54. The van der Waals surface area contributed by atoms with Crippen molar-refractivity contribution in [3.05, 3.63) is 40.3 Å². The molecule has 2 aromatic rings.